The third-order valence-electron chi connectivity index (χ3n) is 2.53. The second kappa shape index (κ2) is 3.71. The maximum atomic E-state index is 13.0. The van der Waals surface area contributed by atoms with E-state index in [1.807, 2.05) is 0 Å². The molecule has 1 atom stereocenters. The molecule has 0 saturated heterocycles. The van der Waals surface area contributed by atoms with Crippen LogP contribution >= 0.6 is 0 Å². The summed E-state index contributed by atoms with van der Waals surface area (Å²) >= 11 is 0. The number of hydrogen-bond donors (Lipinski definition) is 1. The number of ether oxygens (including phenoxy) is 3. The first-order valence-corrected chi connectivity index (χ1v) is 5.16. The number of para-hydroxylation sites is 1. The number of halogens is 2. The Bertz CT molecular complexity index is 551. The molecule has 2 aliphatic rings. The number of benzene rings is 1. The summed E-state index contributed by atoms with van der Waals surface area (Å²) in [5.41, 5.74) is 0.926. The molecule has 4 nitrogen and oxygen atoms in total. The molecule has 1 aromatic carbocycles. The first-order chi connectivity index (χ1) is 8.55. The Balaban J connectivity index is 2.06. The summed E-state index contributed by atoms with van der Waals surface area (Å²) in [5.74, 6) is -0.0831. The number of rotatable bonds is 1. The summed E-state index contributed by atoms with van der Waals surface area (Å²) < 4.78 is 39.6. The van der Waals surface area contributed by atoms with Gasteiger partial charge in [-0.3, -0.25) is 0 Å². The second-order valence-electron chi connectivity index (χ2n) is 3.75. The van der Waals surface area contributed by atoms with E-state index in [0.717, 1.165) is 0 Å². The number of hydrogen-bond acceptors (Lipinski definition) is 4. The molecule has 2 heterocycles. The van der Waals surface area contributed by atoms with Crippen molar-refractivity contribution >= 4 is 5.57 Å². The van der Waals surface area contributed by atoms with Crippen molar-refractivity contribution in [1.29, 1.82) is 0 Å². The van der Waals surface area contributed by atoms with Gasteiger partial charge in [0.2, 0.25) is 6.29 Å². The predicted molar refractivity (Wildman–Crippen MR) is 56.9 cm³/mol. The highest BCUT2D eigenvalue weighted by molar-refractivity contribution is 5.80. The summed E-state index contributed by atoms with van der Waals surface area (Å²) in [6.45, 7) is 0. The van der Waals surface area contributed by atoms with Gasteiger partial charge in [0, 0.05) is 5.56 Å². The fourth-order valence-corrected chi connectivity index (χ4v) is 1.82. The molecule has 1 N–H and O–H groups in total. The van der Waals surface area contributed by atoms with Crippen molar-refractivity contribution in [1.82, 2.24) is 0 Å². The molecular formula is C12H8F2O4. The highest BCUT2D eigenvalue weighted by Crippen LogP contribution is 2.45. The zero-order valence-corrected chi connectivity index (χ0v) is 8.97. The van der Waals surface area contributed by atoms with E-state index in [1.165, 1.54) is 18.4 Å². The van der Waals surface area contributed by atoms with Crippen LogP contribution in [0.2, 0.25) is 0 Å². The summed E-state index contributed by atoms with van der Waals surface area (Å²) in [6.07, 6.45) is -0.555. The molecule has 0 fully saturated rings. The van der Waals surface area contributed by atoms with Crippen LogP contribution in [0.4, 0.5) is 8.78 Å². The highest BCUT2D eigenvalue weighted by Gasteiger charge is 2.44. The van der Waals surface area contributed by atoms with Gasteiger partial charge in [0.25, 0.3) is 0 Å². The largest absolute Gasteiger partial charge is 0.586 e. The van der Waals surface area contributed by atoms with Crippen LogP contribution in [0.1, 0.15) is 5.56 Å². The molecular weight excluding hydrogens is 246 g/mol. The lowest BCUT2D eigenvalue weighted by atomic mass is 10.0. The molecule has 0 radical (unpaired) electrons. The van der Waals surface area contributed by atoms with Crippen molar-refractivity contribution in [2.45, 2.75) is 12.6 Å². The van der Waals surface area contributed by atoms with E-state index >= 15 is 0 Å². The van der Waals surface area contributed by atoms with E-state index in [1.54, 1.807) is 18.2 Å². The SMILES string of the molecule is OC1C=C(c2cccc3c2OC(F)(F)O3)C=CO1. The van der Waals surface area contributed by atoms with Crippen LogP contribution in [0, 0.1) is 0 Å². The second-order valence-corrected chi connectivity index (χ2v) is 3.75. The van der Waals surface area contributed by atoms with Crippen molar-refractivity contribution in [3.05, 3.63) is 42.2 Å². The van der Waals surface area contributed by atoms with Crippen molar-refractivity contribution in [3.63, 3.8) is 0 Å². The maximum absolute atomic E-state index is 13.0. The topological polar surface area (TPSA) is 47.9 Å². The van der Waals surface area contributed by atoms with Crippen LogP contribution in [-0.4, -0.2) is 17.7 Å². The lowest BCUT2D eigenvalue weighted by Crippen LogP contribution is -2.26. The summed E-state index contributed by atoms with van der Waals surface area (Å²) in [6, 6.07) is 4.55. The number of aliphatic hydroxyl groups excluding tert-OH is 1. The van der Waals surface area contributed by atoms with Crippen LogP contribution in [0.5, 0.6) is 11.5 Å². The number of alkyl halides is 2. The van der Waals surface area contributed by atoms with Gasteiger partial charge in [0.1, 0.15) is 0 Å². The molecule has 0 saturated carbocycles. The molecule has 0 aromatic heterocycles. The fraction of sp³-hybridized carbons (Fsp3) is 0.167. The molecule has 18 heavy (non-hydrogen) atoms. The van der Waals surface area contributed by atoms with Gasteiger partial charge in [0.05, 0.1) is 6.26 Å². The molecule has 0 spiro atoms. The lowest BCUT2D eigenvalue weighted by molar-refractivity contribution is -0.286. The Morgan fingerprint density at radius 3 is 2.83 bits per heavy atom. The van der Waals surface area contributed by atoms with Gasteiger partial charge in [-0.2, -0.15) is 0 Å². The highest BCUT2D eigenvalue weighted by atomic mass is 19.3. The van der Waals surface area contributed by atoms with Crippen molar-refractivity contribution < 1.29 is 28.1 Å². The molecule has 3 rings (SSSR count). The summed E-state index contributed by atoms with van der Waals surface area (Å²) in [7, 11) is 0. The lowest BCUT2D eigenvalue weighted by Gasteiger charge is -2.14. The Morgan fingerprint density at radius 2 is 2.06 bits per heavy atom. The quantitative estimate of drug-likeness (QED) is 0.835. The van der Waals surface area contributed by atoms with E-state index in [9.17, 15) is 13.9 Å². The molecule has 6 heteroatoms. The van der Waals surface area contributed by atoms with Crippen molar-refractivity contribution in [2.75, 3.05) is 0 Å². The van der Waals surface area contributed by atoms with Gasteiger partial charge in [0.15, 0.2) is 11.5 Å². The minimum Gasteiger partial charge on any atom is -0.469 e. The summed E-state index contributed by atoms with van der Waals surface area (Å²) in [5, 5.41) is 9.32. The van der Waals surface area contributed by atoms with Gasteiger partial charge in [-0.1, -0.05) is 12.1 Å². The van der Waals surface area contributed by atoms with Gasteiger partial charge in [-0.05, 0) is 23.8 Å². The monoisotopic (exact) mass is 254 g/mol. The number of aliphatic hydroxyl groups is 1. The van der Waals surface area contributed by atoms with Gasteiger partial charge in [-0.25, -0.2) is 0 Å². The Hall–Kier alpha value is -2.08. The smallest absolute Gasteiger partial charge is 0.469 e. The number of allylic oxidation sites excluding steroid dienone is 2. The number of fused-ring (bicyclic) bond motifs is 1. The van der Waals surface area contributed by atoms with Gasteiger partial charge < -0.3 is 19.3 Å². The molecule has 0 bridgehead atoms. The zero-order valence-electron chi connectivity index (χ0n) is 8.97. The Labute approximate surface area is 101 Å². The first kappa shape index (κ1) is 11.0. The van der Waals surface area contributed by atoms with Crippen LogP contribution in [0.3, 0.4) is 0 Å². The summed E-state index contributed by atoms with van der Waals surface area (Å²) in [4.78, 5) is 0. The molecule has 0 aliphatic carbocycles. The van der Waals surface area contributed by atoms with E-state index in [2.05, 4.69) is 9.47 Å². The van der Waals surface area contributed by atoms with Crippen LogP contribution in [-0.2, 0) is 4.74 Å². The van der Waals surface area contributed by atoms with Gasteiger partial charge in [-0.15, -0.1) is 8.78 Å². The Kier molecular flexibility index (Phi) is 2.27. The van der Waals surface area contributed by atoms with Crippen LogP contribution < -0.4 is 9.47 Å². The fourth-order valence-electron chi connectivity index (χ4n) is 1.82. The van der Waals surface area contributed by atoms with Crippen molar-refractivity contribution in [2.24, 2.45) is 0 Å². The molecule has 94 valence electrons. The normalized spacial score (nSPS) is 23.5. The van der Waals surface area contributed by atoms with E-state index < -0.39 is 12.6 Å². The third-order valence-corrected chi connectivity index (χ3v) is 2.53. The molecule has 1 unspecified atom stereocenters. The van der Waals surface area contributed by atoms with Gasteiger partial charge >= 0.3 is 6.29 Å². The van der Waals surface area contributed by atoms with Crippen LogP contribution in [0.25, 0.3) is 5.57 Å². The maximum Gasteiger partial charge on any atom is 0.586 e. The molecule has 0 amide bonds. The van der Waals surface area contributed by atoms with Crippen LogP contribution in [0.15, 0.2) is 36.6 Å². The minimum atomic E-state index is -3.66. The molecule has 2 aliphatic heterocycles. The standard InChI is InChI=1S/C12H8F2O4/c13-12(14)17-9-3-1-2-8(11(9)18-12)7-4-5-16-10(15)6-7/h1-6,10,15H. The average Bonchev–Trinajstić information content (AvgIpc) is 2.62. The zero-order chi connectivity index (χ0) is 12.8. The van der Waals surface area contributed by atoms with Crippen molar-refractivity contribution in [3.8, 4) is 11.5 Å². The van der Waals surface area contributed by atoms with E-state index in [4.69, 9.17) is 4.74 Å². The Morgan fingerprint density at radius 1 is 1.22 bits per heavy atom. The third kappa shape index (κ3) is 1.80. The minimum absolute atomic E-state index is 0.0345. The average molecular weight is 254 g/mol. The van der Waals surface area contributed by atoms with E-state index in [0.29, 0.717) is 11.1 Å². The molecule has 1 aromatic rings. The predicted octanol–water partition coefficient (Wildman–Crippen LogP) is 2.25. The first-order valence-electron chi connectivity index (χ1n) is 5.16. The van der Waals surface area contributed by atoms with E-state index in [-0.39, 0.29) is 11.5 Å².